The Morgan fingerprint density at radius 1 is 0.545 bits per heavy atom. The van der Waals surface area contributed by atoms with Crippen LogP contribution in [0.3, 0.4) is 0 Å². The molecule has 0 saturated carbocycles. The topological polar surface area (TPSA) is 187 Å². The number of carbonyl (C=O) groups is 6. The third kappa shape index (κ3) is 13.2. The molecule has 1 fully saturated rings. The van der Waals surface area contributed by atoms with E-state index in [-0.39, 0.29) is 54.6 Å². The van der Waals surface area contributed by atoms with E-state index in [2.05, 4.69) is 37.2 Å². The van der Waals surface area contributed by atoms with Gasteiger partial charge in [0.15, 0.2) is 0 Å². The lowest BCUT2D eigenvalue weighted by atomic mass is 9.97. The van der Waals surface area contributed by atoms with E-state index in [0.717, 1.165) is 0 Å². The molecule has 0 aromatic heterocycles. The molecule has 0 aliphatic carbocycles. The molecule has 0 radical (unpaired) electrons. The Labute approximate surface area is 262 Å². The van der Waals surface area contributed by atoms with E-state index in [0.29, 0.717) is 12.8 Å². The first-order valence-corrected chi connectivity index (χ1v) is 15.9. The normalized spacial score (nSPS) is 26.1. The second-order valence-corrected chi connectivity index (χ2v) is 13.5. The van der Waals surface area contributed by atoms with Crippen molar-refractivity contribution in [1.82, 2.24) is 37.2 Å². The molecular weight excluding hydrogens is 566 g/mol. The molecule has 252 valence electrons. The number of rotatable bonds is 7. The number of hydrogen-bond donors (Lipinski definition) is 7. The fourth-order valence-corrected chi connectivity index (χ4v) is 4.68. The van der Waals surface area contributed by atoms with Gasteiger partial charge in [-0.3, -0.25) is 28.8 Å². The minimum Gasteiger partial charge on any atom is -0.350 e. The van der Waals surface area contributed by atoms with Crippen molar-refractivity contribution in [3.05, 3.63) is 0 Å². The molecule has 1 rings (SSSR count). The second-order valence-electron chi connectivity index (χ2n) is 13.5. The monoisotopic (exact) mass is 623 g/mol. The van der Waals surface area contributed by atoms with Gasteiger partial charge in [0.05, 0.1) is 13.1 Å². The highest BCUT2D eigenvalue weighted by Crippen LogP contribution is 2.11. The van der Waals surface area contributed by atoms with Crippen LogP contribution in [-0.4, -0.2) is 85.3 Å². The van der Waals surface area contributed by atoms with Crippen LogP contribution >= 0.6 is 0 Å². The molecule has 0 aromatic rings. The van der Waals surface area contributed by atoms with E-state index in [4.69, 9.17) is 0 Å². The molecule has 0 bridgehead atoms. The zero-order valence-corrected chi connectivity index (χ0v) is 28.3. The minimum absolute atomic E-state index is 0.00401. The highest BCUT2D eigenvalue weighted by molar-refractivity contribution is 5.95. The van der Waals surface area contributed by atoms with E-state index in [1.807, 2.05) is 41.5 Å². The molecule has 13 nitrogen and oxygen atoms in total. The molecule has 5 atom stereocenters. The van der Waals surface area contributed by atoms with Crippen LogP contribution in [-0.2, 0) is 28.8 Å². The summed E-state index contributed by atoms with van der Waals surface area (Å²) in [6.45, 7) is 18.4. The minimum atomic E-state index is -0.963. The summed E-state index contributed by atoms with van der Waals surface area (Å²) < 4.78 is 0. The second kappa shape index (κ2) is 18.6. The maximum Gasteiger partial charge on any atom is 0.243 e. The van der Waals surface area contributed by atoms with Crippen LogP contribution in [0.4, 0.5) is 0 Å². The number of amides is 6. The molecule has 44 heavy (non-hydrogen) atoms. The Kier molecular flexibility index (Phi) is 16.4. The van der Waals surface area contributed by atoms with Crippen LogP contribution < -0.4 is 37.2 Å². The maximum absolute atomic E-state index is 13.5. The molecule has 13 heteroatoms. The molecule has 7 N–H and O–H groups in total. The average Bonchev–Trinajstić information content (AvgIpc) is 2.91. The van der Waals surface area contributed by atoms with Crippen molar-refractivity contribution in [2.45, 2.75) is 112 Å². The molecular formula is C31H57N7O6. The van der Waals surface area contributed by atoms with E-state index in [9.17, 15) is 28.8 Å². The predicted octanol–water partition coefficient (Wildman–Crippen LogP) is 0.190. The van der Waals surface area contributed by atoms with Gasteiger partial charge in [0, 0.05) is 12.6 Å². The lowest BCUT2D eigenvalue weighted by Gasteiger charge is -2.30. The first-order valence-electron chi connectivity index (χ1n) is 15.9. The predicted molar refractivity (Wildman–Crippen MR) is 169 cm³/mol. The average molecular weight is 624 g/mol. The number of carbonyl (C=O) groups excluding carboxylic acids is 6. The van der Waals surface area contributed by atoms with Gasteiger partial charge in [-0.05, 0) is 42.4 Å². The Bertz CT molecular complexity index is 998. The first kappa shape index (κ1) is 38.8. The molecule has 3 unspecified atom stereocenters. The smallest absolute Gasteiger partial charge is 0.243 e. The lowest BCUT2D eigenvalue weighted by molar-refractivity contribution is -0.135. The summed E-state index contributed by atoms with van der Waals surface area (Å²) in [7, 11) is 0. The molecule has 1 heterocycles. The first-order chi connectivity index (χ1) is 20.4. The summed E-state index contributed by atoms with van der Waals surface area (Å²) in [5, 5.41) is 19.6. The summed E-state index contributed by atoms with van der Waals surface area (Å²) in [6, 6.07) is -4.03. The van der Waals surface area contributed by atoms with Gasteiger partial charge in [0.25, 0.3) is 0 Å². The van der Waals surface area contributed by atoms with Crippen molar-refractivity contribution in [1.29, 1.82) is 0 Å². The Hall–Kier alpha value is -3.22. The highest BCUT2D eigenvalue weighted by Gasteiger charge is 2.34. The summed E-state index contributed by atoms with van der Waals surface area (Å²) in [5.41, 5.74) is 0. The van der Waals surface area contributed by atoms with Crippen LogP contribution in [0, 0.1) is 29.6 Å². The van der Waals surface area contributed by atoms with Gasteiger partial charge >= 0.3 is 0 Å². The van der Waals surface area contributed by atoms with Crippen molar-refractivity contribution >= 4 is 35.4 Å². The van der Waals surface area contributed by atoms with Crippen LogP contribution in [0.2, 0.25) is 0 Å². The Morgan fingerprint density at radius 3 is 1.52 bits per heavy atom. The molecule has 0 aromatic carbocycles. The SMILES string of the molecule is CC(C)CC[C@H]1NC(=O)CNC(=O)C(C(C)C)NC(=O)CNC[C@H](C(C)C)NC(=O)C(C(C)C)NC(=O)C(C(C)C)NC1=O. The summed E-state index contributed by atoms with van der Waals surface area (Å²) in [6.07, 6.45) is 0.951. The van der Waals surface area contributed by atoms with Gasteiger partial charge in [-0.1, -0.05) is 69.2 Å². The van der Waals surface area contributed by atoms with Gasteiger partial charge in [-0.15, -0.1) is 0 Å². The molecule has 1 aliphatic heterocycles. The molecule has 0 spiro atoms. The van der Waals surface area contributed by atoms with E-state index >= 15 is 0 Å². The standard InChI is InChI=1S/C31H57N7O6/c1-16(2)11-12-21-28(41)37-27(20(9)10)31(44)38-26(19(7)8)30(43)35-22(17(3)4)13-32-14-23(39)36-25(18(5)6)29(42)33-15-24(40)34-21/h16-22,25-27,32H,11-15H2,1-10H3,(H,33,42)(H,34,40)(H,35,43)(H,36,39)(H,37,41)(H,38,44)/t21-,22-,25?,26?,27?/m1/s1. The summed E-state index contributed by atoms with van der Waals surface area (Å²) >= 11 is 0. The zero-order chi connectivity index (χ0) is 33.7. The summed E-state index contributed by atoms with van der Waals surface area (Å²) in [5.74, 6) is -3.53. The Morgan fingerprint density at radius 2 is 1.02 bits per heavy atom. The largest absolute Gasteiger partial charge is 0.350 e. The van der Waals surface area contributed by atoms with Crippen LogP contribution in [0.1, 0.15) is 82.1 Å². The highest BCUT2D eigenvalue weighted by atomic mass is 16.2. The number of hydrogen-bond acceptors (Lipinski definition) is 7. The summed E-state index contributed by atoms with van der Waals surface area (Å²) in [4.78, 5) is 78.9. The fraction of sp³-hybridized carbons (Fsp3) is 0.806. The van der Waals surface area contributed by atoms with Gasteiger partial charge in [0.1, 0.15) is 24.2 Å². The van der Waals surface area contributed by atoms with E-state index in [1.165, 1.54) is 0 Å². The maximum atomic E-state index is 13.5. The van der Waals surface area contributed by atoms with Gasteiger partial charge in [-0.25, -0.2) is 0 Å². The molecule has 1 saturated heterocycles. The quantitative estimate of drug-likeness (QED) is 0.211. The van der Waals surface area contributed by atoms with Crippen LogP contribution in [0.5, 0.6) is 0 Å². The fourth-order valence-electron chi connectivity index (χ4n) is 4.68. The van der Waals surface area contributed by atoms with Gasteiger partial charge in [0.2, 0.25) is 35.4 Å². The van der Waals surface area contributed by atoms with Crippen molar-refractivity contribution in [2.75, 3.05) is 19.6 Å². The Balaban J connectivity index is 3.42. The van der Waals surface area contributed by atoms with Crippen molar-refractivity contribution < 1.29 is 28.8 Å². The van der Waals surface area contributed by atoms with Crippen LogP contribution in [0.25, 0.3) is 0 Å². The van der Waals surface area contributed by atoms with Gasteiger partial charge in [-0.2, -0.15) is 0 Å². The van der Waals surface area contributed by atoms with Gasteiger partial charge < -0.3 is 37.2 Å². The molecule has 1 aliphatic rings. The number of nitrogens with one attached hydrogen (secondary N) is 7. The third-order valence-corrected chi connectivity index (χ3v) is 7.65. The van der Waals surface area contributed by atoms with Crippen LogP contribution in [0.15, 0.2) is 0 Å². The van der Waals surface area contributed by atoms with E-state index < -0.39 is 60.2 Å². The molecule has 6 amide bonds. The van der Waals surface area contributed by atoms with Crippen molar-refractivity contribution in [3.8, 4) is 0 Å². The van der Waals surface area contributed by atoms with Crippen molar-refractivity contribution in [3.63, 3.8) is 0 Å². The van der Waals surface area contributed by atoms with Crippen molar-refractivity contribution in [2.24, 2.45) is 29.6 Å². The van der Waals surface area contributed by atoms with E-state index in [1.54, 1.807) is 27.7 Å². The zero-order valence-electron chi connectivity index (χ0n) is 28.3. The lowest BCUT2D eigenvalue weighted by Crippen LogP contribution is -2.60. The third-order valence-electron chi connectivity index (χ3n) is 7.65.